The van der Waals surface area contributed by atoms with Gasteiger partial charge >= 0.3 is 0 Å². The van der Waals surface area contributed by atoms with Crippen molar-refractivity contribution < 1.29 is 4.79 Å². The maximum absolute atomic E-state index is 11.9. The smallest absolute Gasteiger partial charge is 0.254 e. The maximum Gasteiger partial charge on any atom is 0.254 e. The molecule has 1 amide bonds. The summed E-state index contributed by atoms with van der Waals surface area (Å²) in [6.07, 6.45) is 0. The van der Waals surface area contributed by atoms with Crippen LogP contribution in [-0.2, 0) is 6.54 Å². The molecule has 2 heterocycles. The number of rotatable bonds is 3. The second-order valence-electron chi connectivity index (χ2n) is 3.63. The predicted molar refractivity (Wildman–Crippen MR) is 72.3 cm³/mol. The van der Waals surface area contributed by atoms with Crippen molar-refractivity contribution in [3.63, 3.8) is 0 Å². The highest BCUT2D eigenvalue weighted by molar-refractivity contribution is 7.08. The molecule has 0 aliphatic carbocycles. The lowest BCUT2D eigenvalue weighted by molar-refractivity contribution is 0.0950. The van der Waals surface area contributed by atoms with E-state index >= 15 is 0 Å². The third-order valence-corrected chi connectivity index (χ3v) is 3.74. The van der Waals surface area contributed by atoms with Crippen LogP contribution >= 0.6 is 34.5 Å². The molecule has 0 unspecified atom stereocenters. The molecule has 0 atom stereocenters. The predicted octanol–water partition coefficient (Wildman–Crippen LogP) is 3.08. The fraction of sp³-hybridized carbons (Fsp3) is 0.182. The number of nitrogens with one attached hydrogen (secondary N) is 1. The zero-order chi connectivity index (χ0) is 13.1. The number of hydrogen-bond donors (Lipinski definition) is 1. The summed E-state index contributed by atoms with van der Waals surface area (Å²) in [6, 6.07) is 1.40. The normalized spacial score (nSPS) is 10.4. The molecular formula is C11H9Cl2N3OS. The van der Waals surface area contributed by atoms with Gasteiger partial charge in [0.05, 0.1) is 5.56 Å². The average molecular weight is 302 g/mol. The Kier molecular flexibility index (Phi) is 4.16. The topological polar surface area (TPSA) is 54.9 Å². The largest absolute Gasteiger partial charge is 0.348 e. The molecule has 0 saturated heterocycles. The van der Waals surface area contributed by atoms with E-state index in [4.69, 9.17) is 23.2 Å². The van der Waals surface area contributed by atoms with E-state index in [2.05, 4.69) is 15.5 Å². The molecule has 94 valence electrons. The number of amides is 1. The van der Waals surface area contributed by atoms with Crippen molar-refractivity contribution in [2.45, 2.75) is 13.5 Å². The molecule has 0 bridgehead atoms. The zero-order valence-electron chi connectivity index (χ0n) is 9.41. The fourth-order valence-electron chi connectivity index (χ4n) is 1.35. The van der Waals surface area contributed by atoms with Crippen molar-refractivity contribution in [1.82, 2.24) is 15.5 Å². The monoisotopic (exact) mass is 301 g/mol. The minimum atomic E-state index is -0.317. The summed E-state index contributed by atoms with van der Waals surface area (Å²) in [5.74, 6) is -0.317. The molecule has 7 heteroatoms. The summed E-state index contributed by atoms with van der Waals surface area (Å²) in [4.78, 5) is 11.9. The van der Waals surface area contributed by atoms with Crippen molar-refractivity contribution in [3.8, 4) is 0 Å². The molecule has 1 N–H and O–H groups in total. The van der Waals surface area contributed by atoms with Gasteiger partial charge in [-0.05, 0) is 34.9 Å². The Bertz CT molecular complexity index is 585. The van der Waals surface area contributed by atoms with Crippen molar-refractivity contribution in [2.75, 3.05) is 0 Å². The number of carbonyl (C=O) groups is 1. The molecule has 0 aliphatic heterocycles. The third kappa shape index (κ3) is 2.98. The third-order valence-electron chi connectivity index (χ3n) is 2.36. The molecule has 2 aromatic heterocycles. The minimum absolute atomic E-state index is 0.0407. The SMILES string of the molecule is Cc1cscc1CNC(=O)c1cc(Cl)nnc1Cl. The quantitative estimate of drug-likeness (QED) is 0.948. The summed E-state index contributed by atoms with van der Waals surface area (Å²) in [6.45, 7) is 2.44. The van der Waals surface area contributed by atoms with E-state index in [1.54, 1.807) is 11.3 Å². The maximum atomic E-state index is 11.9. The second-order valence-corrected chi connectivity index (χ2v) is 5.12. The number of aryl methyl sites for hydroxylation is 1. The Morgan fingerprint density at radius 2 is 2.17 bits per heavy atom. The van der Waals surface area contributed by atoms with E-state index in [9.17, 15) is 4.79 Å². The van der Waals surface area contributed by atoms with Crippen LogP contribution in [0, 0.1) is 6.92 Å². The molecule has 18 heavy (non-hydrogen) atoms. The van der Waals surface area contributed by atoms with E-state index < -0.39 is 0 Å². The molecule has 0 aliphatic rings. The van der Waals surface area contributed by atoms with Gasteiger partial charge in [-0.15, -0.1) is 10.2 Å². The van der Waals surface area contributed by atoms with Gasteiger partial charge in [0.15, 0.2) is 10.3 Å². The molecule has 4 nitrogen and oxygen atoms in total. The lowest BCUT2D eigenvalue weighted by atomic mass is 10.2. The van der Waals surface area contributed by atoms with Gasteiger partial charge in [0.25, 0.3) is 5.91 Å². The van der Waals surface area contributed by atoms with Gasteiger partial charge in [0.1, 0.15) is 0 Å². The summed E-state index contributed by atoms with van der Waals surface area (Å²) < 4.78 is 0. The Morgan fingerprint density at radius 1 is 1.39 bits per heavy atom. The standard InChI is InChI=1S/C11H9Cl2N3OS/c1-6-4-18-5-7(6)3-14-11(17)8-2-9(12)15-16-10(8)13/h2,4-5H,3H2,1H3,(H,14,17). The van der Waals surface area contributed by atoms with Crippen LogP contribution in [0.3, 0.4) is 0 Å². The van der Waals surface area contributed by atoms with E-state index in [0.717, 1.165) is 11.1 Å². The van der Waals surface area contributed by atoms with Crippen LogP contribution in [0.15, 0.2) is 16.8 Å². The van der Waals surface area contributed by atoms with Gasteiger partial charge < -0.3 is 5.32 Å². The average Bonchev–Trinajstić information content (AvgIpc) is 2.75. The van der Waals surface area contributed by atoms with Crippen LogP contribution in [0.25, 0.3) is 0 Å². The first-order valence-electron chi connectivity index (χ1n) is 5.06. The first-order chi connectivity index (χ1) is 8.58. The van der Waals surface area contributed by atoms with Crippen molar-refractivity contribution >= 4 is 40.4 Å². The number of thiophene rings is 1. The summed E-state index contributed by atoms with van der Waals surface area (Å²) >= 11 is 13.1. The van der Waals surface area contributed by atoms with Gasteiger partial charge in [-0.1, -0.05) is 23.2 Å². The summed E-state index contributed by atoms with van der Waals surface area (Å²) in [5, 5.41) is 14.1. The number of carbonyl (C=O) groups excluding carboxylic acids is 1. The molecule has 2 rings (SSSR count). The van der Waals surface area contributed by atoms with Crippen LogP contribution in [0.4, 0.5) is 0 Å². The van der Waals surface area contributed by atoms with Gasteiger partial charge in [-0.3, -0.25) is 4.79 Å². The number of aromatic nitrogens is 2. The number of halogens is 2. The zero-order valence-corrected chi connectivity index (χ0v) is 11.7. The van der Waals surface area contributed by atoms with Crippen LogP contribution in [-0.4, -0.2) is 16.1 Å². The van der Waals surface area contributed by atoms with Gasteiger partial charge in [-0.2, -0.15) is 11.3 Å². The Labute approximate surface area is 118 Å². The molecule has 2 aromatic rings. The first-order valence-corrected chi connectivity index (χ1v) is 6.76. The lowest BCUT2D eigenvalue weighted by Gasteiger charge is -2.06. The van der Waals surface area contributed by atoms with E-state index in [-0.39, 0.29) is 21.8 Å². The molecule has 0 radical (unpaired) electrons. The van der Waals surface area contributed by atoms with Crippen LogP contribution in [0.1, 0.15) is 21.5 Å². The molecular weight excluding hydrogens is 293 g/mol. The van der Waals surface area contributed by atoms with Crippen molar-refractivity contribution in [3.05, 3.63) is 43.8 Å². The van der Waals surface area contributed by atoms with Crippen molar-refractivity contribution in [1.29, 1.82) is 0 Å². The van der Waals surface area contributed by atoms with Gasteiger partial charge in [0.2, 0.25) is 0 Å². The van der Waals surface area contributed by atoms with Gasteiger partial charge in [0, 0.05) is 6.54 Å². The van der Waals surface area contributed by atoms with E-state index in [1.807, 2.05) is 17.7 Å². The molecule has 0 fully saturated rings. The lowest BCUT2D eigenvalue weighted by Crippen LogP contribution is -2.23. The van der Waals surface area contributed by atoms with Crippen LogP contribution < -0.4 is 5.32 Å². The highest BCUT2D eigenvalue weighted by Gasteiger charge is 2.13. The van der Waals surface area contributed by atoms with Gasteiger partial charge in [-0.25, -0.2) is 0 Å². The molecule has 0 saturated carbocycles. The second kappa shape index (κ2) is 5.65. The summed E-state index contributed by atoms with van der Waals surface area (Å²) in [5.41, 5.74) is 2.46. The molecule has 0 spiro atoms. The first kappa shape index (κ1) is 13.3. The number of hydrogen-bond acceptors (Lipinski definition) is 4. The summed E-state index contributed by atoms with van der Waals surface area (Å²) in [7, 11) is 0. The highest BCUT2D eigenvalue weighted by Crippen LogP contribution is 2.16. The fourth-order valence-corrected chi connectivity index (χ4v) is 2.53. The Morgan fingerprint density at radius 3 is 2.83 bits per heavy atom. The Hall–Kier alpha value is -1.17. The highest BCUT2D eigenvalue weighted by atomic mass is 35.5. The van der Waals surface area contributed by atoms with Crippen LogP contribution in [0.2, 0.25) is 10.3 Å². The molecule has 0 aromatic carbocycles. The van der Waals surface area contributed by atoms with Crippen LogP contribution in [0.5, 0.6) is 0 Å². The number of nitrogens with zero attached hydrogens (tertiary/aromatic N) is 2. The Balaban J connectivity index is 2.08. The van der Waals surface area contributed by atoms with Crippen molar-refractivity contribution in [2.24, 2.45) is 0 Å². The minimum Gasteiger partial charge on any atom is -0.348 e. The van der Waals surface area contributed by atoms with E-state index in [1.165, 1.54) is 6.07 Å². The van der Waals surface area contributed by atoms with E-state index in [0.29, 0.717) is 6.54 Å².